The van der Waals surface area contributed by atoms with E-state index < -0.39 is 33.3 Å². The van der Waals surface area contributed by atoms with Crippen LogP contribution in [-0.4, -0.2) is 26.6 Å². The molecule has 1 amide bonds. The van der Waals surface area contributed by atoms with Crippen molar-refractivity contribution in [3.8, 4) is 0 Å². The Labute approximate surface area is 186 Å². The summed E-state index contributed by atoms with van der Waals surface area (Å²) in [6.45, 7) is 0. The third kappa shape index (κ3) is 3.81. The molecule has 0 saturated carbocycles. The number of anilines is 1. The topological polar surface area (TPSA) is 144 Å². The molecule has 1 atom stereocenters. The van der Waals surface area contributed by atoms with Gasteiger partial charge in [-0.15, -0.1) is 0 Å². The first kappa shape index (κ1) is 21.4. The van der Waals surface area contributed by atoms with Crippen LogP contribution in [0.3, 0.4) is 0 Å². The second-order valence-corrected chi connectivity index (χ2v) is 7.16. The highest BCUT2D eigenvalue weighted by Gasteiger charge is 2.47. The van der Waals surface area contributed by atoms with E-state index in [4.69, 9.17) is 0 Å². The minimum Gasteiger partial charge on any atom is -0.507 e. The second-order valence-electron chi connectivity index (χ2n) is 7.16. The van der Waals surface area contributed by atoms with Crippen LogP contribution in [-0.2, 0) is 9.59 Å². The molecule has 1 aliphatic rings. The standard InChI is InChI=1S/C23H15N3O7/c27-21(15-5-2-1-3-6-15)19-20(14-9-11-16(12-10-14)25(30)31)24(23(29)22(19)28)17-7-4-8-18(13-17)26(32)33/h1-13,20,27H. The Morgan fingerprint density at radius 2 is 1.45 bits per heavy atom. The van der Waals surface area contributed by atoms with Crippen LogP contribution in [0.1, 0.15) is 17.2 Å². The number of carbonyl (C=O) groups excluding carboxylic acids is 2. The summed E-state index contributed by atoms with van der Waals surface area (Å²) < 4.78 is 0. The number of aliphatic hydroxyl groups is 1. The van der Waals surface area contributed by atoms with Crippen molar-refractivity contribution in [2.24, 2.45) is 0 Å². The molecule has 0 bridgehead atoms. The number of hydrogen-bond donors (Lipinski definition) is 1. The number of carbonyl (C=O) groups is 2. The molecule has 0 spiro atoms. The third-order valence-corrected chi connectivity index (χ3v) is 5.23. The summed E-state index contributed by atoms with van der Waals surface area (Å²) in [6, 6.07) is 17.3. The number of amides is 1. The fourth-order valence-electron chi connectivity index (χ4n) is 3.70. The van der Waals surface area contributed by atoms with E-state index in [1.54, 1.807) is 30.3 Å². The molecular formula is C23H15N3O7. The van der Waals surface area contributed by atoms with Gasteiger partial charge in [-0.2, -0.15) is 0 Å². The van der Waals surface area contributed by atoms with Crippen LogP contribution in [0.4, 0.5) is 17.1 Å². The molecule has 3 aromatic carbocycles. The van der Waals surface area contributed by atoms with E-state index in [-0.39, 0.29) is 22.6 Å². The van der Waals surface area contributed by atoms with Gasteiger partial charge in [-0.25, -0.2) is 0 Å². The minimum absolute atomic E-state index is 0.0711. The summed E-state index contributed by atoms with van der Waals surface area (Å²) >= 11 is 0. The van der Waals surface area contributed by atoms with E-state index in [9.17, 15) is 34.9 Å². The van der Waals surface area contributed by atoms with Crippen LogP contribution in [0, 0.1) is 20.2 Å². The molecule has 1 unspecified atom stereocenters. The lowest BCUT2D eigenvalue weighted by atomic mass is 9.95. The number of ketones is 1. The Bertz CT molecular complexity index is 1320. The Kier molecular flexibility index (Phi) is 5.41. The highest BCUT2D eigenvalue weighted by atomic mass is 16.6. The molecule has 0 aliphatic carbocycles. The van der Waals surface area contributed by atoms with Crippen molar-refractivity contribution >= 4 is 34.5 Å². The Morgan fingerprint density at radius 3 is 2.06 bits per heavy atom. The van der Waals surface area contributed by atoms with Crippen molar-refractivity contribution in [3.05, 3.63) is 116 Å². The number of aliphatic hydroxyl groups excluding tert-OH is 1. The van der Waals surface area contributed by atoms with E-state index in [0.29, 0.717) is 11.1 Å². The van der Waals surface area contributed by atoms with Gasteiger partial charge in [-0.1, -0.05) is 36.4 Å². The van der Waals surface area contributed by atoms with Crippen LogP contribution in [0.25, 0.3) is 5.76 Å². The predicted molar refractivity (Wildman–Crippen MR) is 117 cm³/mol. The average Bonchev–Trinajstić information content (AvgIpc) is 3.09. The number of nitrogens with zero attached hydrogens (tertiary/aromatic N) is 3. The first-order chi connectivity index (χ1) is 15.8. The van der Waals surface area contributed by atoms with Crippen LogP contribution in [0.5, 0.6) is 0 Å². The van der Waals surface area contributed by atoms with E-state index in [0.717, 1.165) is 11.0 Å². The number of non-ortho nitro benzene ring substituents is 2. The molecule has 164 valence electrons. The van der Waals surface area contributed by atoms with E-state index in [1.807, 2.05) is 0 Å². The number of Topliss-reactive ketones (excluding diaryl/α,β-unsaturated/α-hetero) is 1. The predicted octanol–water partition coefficient (Wildman–Crippen LogP) is 4.13. The Hall–Kier alpha value is -4.86. The minimum atomic E-state index is -1.16. The molecule has 10 heteroatoms. The number of nitro groups is 2. The first-order valence-corrected chi connectivity index (χ1v) is 9.65. The molecule has 33 heavy (non-hydrogen) atoms. The van der Waals surface area contributed by atoms with Crippen molar-refractivity contribution < 1.29 is 24.5 Å². The van der Waals surface area contributed by atoms with Crippen molar-refractivity contribution in [3.63, 3.8) is 0 Å². The molecule has 0 radical (unpaired) electrons. The molecule has 1 saturated heterocycles. The Morgan fingerprint density at radius 1 is 0.818 bits per heavy atom. The summed E-state index contributed by atoms with van der Waals surface area (Å²) in [6.07, 6.45) is 0. The smallest absolute Gasteiger partial charge is 0.300 e. The Balaban J connectivity index is 1.94. The zero-order chi connectivity index (χ0) is 23.7. The lowest BCUT2D eigenvalue weighted by Crippen LogP contribution is -2.29. The molecule has 3 aromatic rings. The SMILES string of the molecule is O=C1C(=O)N(c2cccc([N+](=O)[O-])c2)C(c2ccc([N+](=O)[O-])cc2)C1=C(O)c1ccccc1. The van der Waals surface area contributed by atoms with Crippen LogP contribution >= 0.6 is 0 Å². The maximum absolute atomic E-state index is 13.0. The van der Waals surface area contributed by atoms with Crippen molar-refractivity contribution in [1.29, 1.82) is 0 Å². The van der Waals surface area contributed by atoms with Gasteiger partial charge in [-0.3, -0.25) is 34.7 Å². The lowest BCUT2D eigenvalue weighted by molar-refractivity contribution is -0.385. The molecule has 4 rings (SSSR count). The monoisotopic (exact) mass is 445 g/mol. The van der Waals surface area contributed by atoms with Gasteiger partial charge >= 0.3 is 0 Å². The summed E-state index contributed by atoms with van der Waals surface area (Å²) in [7, 11) is 0. The van der Waals surface area contributed by atoms with Gasteiger partial charge in [0.05, 0.1) is 27.1 Å². The van der Waals surface area contributed by atoms with Gasteiger partial charge in [0.15, 0.2) is 0 Å². The maximum atomic E-state index is 13.0. The molecular weight excluding hydrogens is 430 g/mol. The quantitative estimate of drug-likeness (QED) is 0.204. The van der Waals surface area contributed by atoms with Gasteiger partial charge in [0.2, 0.25) is 0 Å². The normalized spacial score (nSPS) is 17.2. The first-order valence-electron chi connectivity index (χ1n) is 9.65. The molecule has 1 N–H and O–H groups in total. The molecule has 0 aromatic heterocycles. The number of hydrogen-bond acceptors (Lipinski definition) is 7. The number of rotatable bonds is 5. The summed E-state index contributed by atoms with van der Waals surface area (Å²) in [5.41, 5.74) is -0.0485. The van der Waals surface area contributed by atoms with Crippen LogP contribution < -0.4 is 4.90 Å². The molecule has 1 aliphatic heterocycles. The number of nitro benzene ring substituents is 2. The van der Waals surface area contributed by atoms with Crippen molar-refractivity contribution in [2.75, 3.05) is 4.90 Å². The van der Waals surface area contributed by atoms with E-state index in [2.05, 4.69) is 0 Å². The lowest BCUT2D eigenvalue weighted by Gasteiger charge is -2.25. The van der Waals surface area contributed by atoms with Crippen molar-refractivity contribution in [2.45, 2.75) is 6.04 Å². The van der Waals surface area contributed by atoms with Gasteiger partial charge in [0.1, 0.15) is 5.76 Å². The highest BCUT2D eigenvalue weighted by Crippen LogP contribution is 2.43. The van der Waals surface area contributed by atoms with Crippen molar-refractivity contribution in [1.82, 2.24) is 0 Å². The third-order valence-electron chi connectivity index (χ3n) is 5.23. The summed E-state index contributed by atoms with van der Waals surface area (Å²) in [4.78, 5) is 48.2. The van der Waals surface area contributed by atoms with E-state index in [1.165, 1.54) is 42.5 Å². The van der Waals surface area contributed by atoms with E-state index >= 15 is 0 Å². The molecule has 1 fully saturated rings. The zero-order valence-corrected chi connectivity index (χ0v) is 16.8. The second kappa shape index (κ2) is 8.35. The maximum Gasteiger partial charge on any atom is 0.300 e. The fraction of sp³-hybridized carbons (Fsp3) is 0.0435. The summed E-state index contributed by atoms with van der Waals surface area (Å²) in [5.74, 6) is -2.40. The molecule has 1 heterocycles. The summed E-state index contributed by atoms with van der Waals surface area (Å²) in [5, 5.41) is 33.3. The zero-order valence-electron chi connectivity index (χ0n) is 16.8. The van der Waals surface area contributed by atoms with Gasteiger partial charge in [0.25, 0.3) is 23.1 Å². The average molecular weight is 445 g/mol. The largest absolute Gasteiger partial charge is 0.507 e. The van der Waals surface area contributed by atoms with Gasteiger partial charge < -0.3 is 5.11 Å². The van der Waals surface area contributed by atoms with Crippen LogP contribution in [0.15, 0.2) is 84.4 Å². The fourth-order valence-corrected chi connectivity index (χ4v) is 3.70. The van der Waals surface area contributed by atoms with Gasteiger partial charge in [-0.05, 0) is 23.8 Å². The highest BCUT2D eigenvalue weighted by molar-refractivity contribution is 6.51. The van der Waals surface area contributed by atoms with Gasteiger partial charge in [0, 0.05) is 29.8 Å². The number of benzene rings is 3. The van der Waals surface area contributed by atoms with Crippen LogP contribution in [0.2, 0.25) is 0 Å². The molecule has 10 nitrogen and oxygen atoms in total.